The molecule has 6 nitrogen and oxygen atoms in total. The normalized spacial score (nSPS) is 15.1. The lowest BCUT2D eigenvalue weighted by molar-refractivity contribution is -0.126. The number of anilines is 1. The van der Waals surface area contributed by atoms with Crippen LogP contribution in [-0.4, -0.2) is 34.8 Å². The Balaban J connectivity index is 1.90. The van der Waals surface area contributed by atoms with Gasteiger partial charge in [0.1, 0.15) is 6.04 Å². The molecule has 186 valence electrons. The fraction of sp³-hybridized carbons (Fsp3) is 0.250. The van der Waals surface area contributed by atoms with E-state index < -0.39 is 11.6 Å². The number of carbonyl (C=O) groups is 2. The molecule has 0 bridgehead atoms. The van der Waals surface area contributed by atoms with Crippen LogP contribution in [0.2, 0.25) is 10.0 Å². The summed E-state index contributed by atoms with van der Waals surface area (Å²) in [7, 11) is 0. The van der Waals surface area contributed by atoms with Crippen LogP contribution in [0.25, 0.3) is 0 Å². The first-order valence-corrected chi connectivity index (χ1v) is 12.5. The molecule has 1 atom stereocenters. The lowest BCUT2D eigenvalue weighted by atomic mass is 9.98. The van der Waals surface area contributed by atoms with Gasteiger partial charge >= 0.3 is 0 Å². The summed E-state index contributed by atoms with van der Waals surface area (Å²) < 4.78 is 0. The minimum absolute atomic E-state index is 0.167. The zero-order valence-electron chi connectivity index (χ0n) is 20.6. The number of carbonyl (C=O) groups excluding carboxylic acids is 2. The maximum atomic E-state index is 14.0. The number of hydrogen-bond acceptors (Lipinski definition) is 4. The largest absolute Gasteiger partial charge is 0.349 e. The van der Waals surface area contributed by atoms with Crippen LogP contribution in [0.3, 0.4) is 0 Å². The van der Waals surface area contributed by atoms with Crippen molar-refractivity contribution in [2.75, 3.05) is 11.4 Å². The van der Waals surface area contributed by atoms with Crippen molar-refractivity contribution in [2.24, 2.45) is 4.99 Å². The molecule has 1 aliphatic rings. The summed E-state index contributed by atoms with van der Waals surface area (Å²) in [6.07, 6.45) is 0. The van der Waals surface area contributed by atoms with Gasteiger partial charge in [0.2, 0.25) is 11.9 Å². The Morgan fingerprint density at radius 1 is 0.944 bits per heavy atom. The Morgan fingerprint density at radius 3 is 2.11 bits per heavy atom. The molecular weight excluding hydrogens is 495 g/mol. The topological polar surface area (TPSA) is 65.0 Å². The third kappa shape index (κ3) is 5.40. The number of likely N-dealkylation sites (N-methyl/N-ethyl adjacent to an activating group) is 1. The van der Waals surface area contributed by atoms with Crippen molar-refractivity contribution in [3.63, 3.8) is 0 Å². The monoisotopic (exact) mass is 522 g/mol. The summed E-state index contributed by atoms with van der Waals surface area (Å²) in [4.78, 5) is 35.9. The lowest BCUT2D eigenvalue weighted by Crippen LogP contribution is -2.55. The van der Waals surface area contributed by atoms with E-state index in [9.17, 15) is 9.59 Å². The summed E-state index contributed by atoms with van der Waals surface area (Å²) in [6, 6.07) is 20.5. The molecule has 2 amide bonds. The second-order valence-electron chi connectivity index (χ2n) is 9.52. The van der Waals surface area contributed by atoms with Crippen molar-refractivity contribution in [3.8, 4) is 0 Å². The van der Waals surface area contributed by atoms with E-state index >= 15 is 0 Å². The highest BCUT2D eigenvalue weighted by atomic mass is 35.5. The maximum absolute atomic E-state index is 14.0. The van der Waals surface area contributed by atoms with Gasteiger partial charge in [0.25, 0.3) is 5.91 Å². The second kappa shape index (κ2) is 10.3. The Kier molecular flexibility index (Phi) is 7.38. The molecule has 36 heavy (non-hydrogen) atoms. The molecule has 3 aromatic rings. The molecular formula is C28H28Cl2N4O2. The first-order chi connectivity index (χ1) is 17.1. The Morgan fingerprint density at radius 2 is 1.53 bits per heavy atom. The Hall–Kier alpha value is -3.35. The van der Waals surface area contributed by atoms with E-state index in [0.717, 1.165) is 5.56 Å². The van der Waals surface area contributed by atoms with Crippen molar-refractivity contribution in [1.29, 1.82) is 0 Å². The van der Waals surface area contributed by atoms with Crippen molar-refractivity contribution in [1.82, 2.24) is 10.2 Å². The standard InChI is InChI=1S/C28H28Cl2N4O2/c1-5-33-24(25(35)32-28(2,3)4)22-8-6-7-9-23(22)31-27(33)34(21-16-14-20(30)15-17-21)26(36)18-10-12-19(29)13-11-18/h6-17,24H,5H2,1-4H3,(H,32,35). The summed E-state index contributed by atoms with van der Waals surface area (Å²) in [5, 5.41) is 4.17. The minimum atomic E-state index is -0.675. The SMILES string of the molecule is CCN1C(N(C(=O)c2ccc(Cl)cc2)c2ccc(Cl)cc2)=Nc2ccccc2C1C(=O)NC(C)(C)C. The summed E-state index contributed by atoms with van der Waals surface area (Å²) in [6.45, 7) is 8.19. The number of hydrogen-bond donors (Lipinski definition) is 1. The zero-order chi connectivity index (χ0) is 26.0. The van der Waals surface area contributed by atoms with Gasteiger partial charge in [-0.1, -0.05) is 41.4 Å². The first kappa shape index (κ1) is 25.7. The van der Waals surface area contributed by atoms with Crippen molar-refractivity contribution < 1.29 is 9.59 Å². The van der Waals surface area contributed by atoms with E-state index in [1.54, 1.807) is 48.5 Å². The lowest BCUT2D eigenvalue weighted by Gasteiger charge is -2.41. The number of amides is 2. The number of para-hydroxylation sites is 1. The maximum Gasteiger partial charge on any atom is 0.265 e. The van der Waals surface area contributed by atoms with Gasteiger partial charge in [-0.3, -0.25) is 9.59 Å². The molecule has 0 saturated carbocycles. The van der Waals surface area contributed by atoms with Gasteiger partial charge in [-0.05, 0) is 82.3 Å². The van der Waals surface area contributed by atoms with Gasteiger partial charge in [0, 0.05) is 33.3 Å². The van der Waals surface area contributed by atoms with E-state index in [1.807, 2.05) is 56.9 Å². The summed E-state index contributed by atoms with van der Waals surface area (Å²) in [5.74, 6) is -0.118. The third-order valence-electron chi connectivity index (χ3n) is 5.69. The summed E-state index contributed by atoms with van der Waals surface area (Å²) in [5.41, 5.74) is 1.98. The number of nitrogens with zero attached hydrogens (tertiary/aromatic N) is 3. The van der Waals surface area contributed by atoms with Crippen LogP contribution in [0, 0.1) is 0 Å². The Bertz CT molecular complexity index is 1300. The number of guanidine groups is 1. The van der Waals surface area contributed by atoms with E-state index in [2.05, 4.69) is 5.32 Å². The van der Waals surface area contributed by atoms with Crippen LogP contribution >= 0.6 is 23.2 Å². The predicted octanol–water partition coefficient (Wildman–Crippen LogP) is 6.62. The van der Waals surface area contributed by atoms with Crippen LogP contribution in [-0.2, 0) is 4.79 Å². The fourth-order valence-corrected chi connectivity index (χ4v) is 4.39. The third-order valence-corrected chi connectivity index (χ3v) is 6.19. The molecule has 1 N–H and O–H groups in total. The fourth-order valence-electron chi connectivity index (χ4n) is 4.13. The van der Waals surface area contributed by atoms with Gasteiger partial charge in [-0.25, -0.2) is 9.89 Å². The van der Waals surface area contributed by atoms with E-state index in [1.165, 1.54) is 4.90 Å². The molecule has 1 aliphatic heterocycles. The number of rotatable bonds is 4. The van der Waals surface area contributed by atoms with Gasteiger partial charge in [-0.2, -0.15) is 0 Å². The molecule has 3 aromatic carbocycles. The first-order valence-electron chi connectivity index (χ1n) is 11.7. The molecule has 0 fully saturated rings. The second-order valence-corrected chi connectivity index (χ2v) is 10.4. The molecule has 0 radical (unpaired) electrons. The van der Waals surface area contributed by atoms with Crippen molar-refractivity contribution >= 4 is 52.4 Å². The Labute approximate surface area is 221 Å². The van der Waals surface area contributed by atoms with Crippen LogP contribution in [0.15, 0.2) is 77.8 Å². The number of benzene rings is 3. The highest BCUT2D eigenvalue weighted by molar-refractivity contribution is 6.31. The van der Waals surface area contributed by atoms with Crippen LogP contribution < -0.4 is 10.2 Å². The molecule has 1 unspecified atom stereocenters. The summed E-state index contributed by atoms with van der Waals surface area (Å²) >= 11 is 12.2. The minimum Gasteiger partial charge on any atom is -0.349 e. The molecule has 0 aliphatic carbocycles. The molecule has 4 rings (SSSR count). The average molecular weight is 523 g/mol. The number of halogens is 2. The smallest absolute Gasteiger partial charge is 0.265 e. The molecule has 0 spiro atoms. The van der Waals surface area contributed by atoms with E-state index in [4.69, 9.17) is 28.2 Å². The van der Waals surface area contributed by atoms with Gasteiger partial charge < -0.3 is 10.2 Å². The molecule has 0 aromatic heterocycles. The van der Waals surface area contributed by atoms with E-state index in [-0.39, 0.29) is 11.8 Å². The van der Waals surface area contributed by atoms with Crippen molar-refractivity contribution in [3.05, 3.63) is 94.0 Å². The average Bonchev–Trinajstić information content (AvgIpc) is 2.83. The van der Waals surface area contributed by atoms with Crippen molar-refractivity contribution in [2.45, 2.75) is 39.3 Å². The predicted molar refractivity (Wildman–Crippen MR) is 146 cm³/mol. The number of aliphatic imine (C=N–C) groups is 1. The molecule has 8 heteroatoms. The number of nitrogens with one attached hydrogen (secondary N) is 1. The zero-order valence-corrected chi connectivity index (χ0v) is 22.1. The van der Waals surface area contributed by atoms with Crippen LogP contribution in [0.4, 0.5) is 11.4 Å². The highest BCUT2D eigenvalue weighted by Crippen LogP contribution is 2.37. The van der Waals surface area contributed by atoms with Gasteiger partial charge in [0.05, 0.1) is 11.4 Å². The number of fused-ring (bicyclic) bond motifs is 1. The highest BCUT2D eigenvalue weighted by Gasteiger charge is 2.39. The van der Waals surface area contributed by atoms with Gasteiger partial charge in [-0.15, -0.1) is 0 Å². The van der Waals surface area contributed by atoms with Crippen LogP contribution in [0.1, 0.15) is 49.7 Å². The molecule has 1 heterocycles. The quantitative estimate of drug-likeness (QED) is 0.418. The van der Waals surface area contributed by atoms with Crippen LogP contribution in [0.5, 0.6) is 0 Å². The van der Waals surface area contributed by atoms with E-state index in [0.29, 0.717) is 39.5 Å². The van der Waals surface area contributed by atoms with Gasteiger partial charge in [0.15, 0.2) is 0 Å². The molecule has 0 saturated heterocycles.